The molecule has 0 aliphatic carbocycles. The van der Waals surface area contributed by atoms with Crippen molar-refractivity contribution < 1.29 is 4.74 Å². The summed E-state index contributed by atoms with van der Waals surface area (Å²) in [5.41, 5.74) is 8.30. The first-order chi connectivity index (χ1) is 8.15. The van der Waals surface area contributed by atoms with Gasteiger partial charge in [0.05, 0.1) is 6.61 Å². The number of rotatable bonds is 7. The van der Waals surface area contributed by atoms with Gasteiger partial charge in [0.1, 0.15) is 5.75 Å². The van der Waals surface area contributed by atoms with Crippen LogP contribution < -0.4 is 10.5 Å². The van der Waals surface area contributed by atoms with E-state index in [9.17, 15) is 0 Å². The van der Waals surface area contributed by atoms with E-state index in [0.717, 1.165) is 24.3 Å². The van der Waals surface area contributed by atoms with Crippen molar-refractivity contribution >= 4 is 0 Å². The van der Waals surface area contributed by atoms with E-state index in [2.05, 4.69) is 26.0 Å². The SMILES string of the molecule is CCCCCCOc1ccc(C)cc1[C@@H](C)N. The zero-order chi connectivity index (χ0) is 12.7. The van der Waals surface area contributed by atoms with Gasteiger partial charge >= 0.3 is 0 Å². The highest BCUT2D eigenvalue weighted by molar-refractivity contribution is 5.38. The fraction of sp³-hybridized carbons (Fsp3) is 0.600. The Kier molecular flexibility index (Phi) is 6.06. The maximum atomic E-state index is 5.96. The molecule has 2 N–H and O–H groups in total. The molecule has 1 rings (SSSR count). The molecule has 17 heavy (non-hydrogen) atoms. The summed E-state index contributed by atoms with van der Waals surface area (Å²) in [7, 11) is 0. The monoisotopic (exact) mass is 235 g/mol. The topological polar surface area (TPSA) is 35.2 Å². The van der Waals surface area contributed by atoms with Gasteiger partial charge in [-0.25, -0.2) is 0 Å². The second-order valence-corrected chi connectivity index (χ2v) is 4.74. The summed E-state index contributed by atoms with van der Waals surface area (Å²) in [5.74, 6) is 0.946. The zero-order valence-electron chi connectivity index (χ0n) is 11.3. The molecule has 0 aliphatic heterocycles. The average Bonchev–Trinajstić information content (AvgIpc) is 2.30. The van der Waals surface area contributed by atoms with Gasteiger partial charge in [0.15, 0.2) is 0 Å². The third-order valence-electron chi connectivity index (χ3n) is 2.91. The lowest BCUT2D eigenvalue weighted by atomic mass is 10.1. The van der Waals surface area contributed by atoms with Crippen LogP contribution in [0.2, 0.25) is 0 Å². The van der Waals surface area contributed by atoms with Gasteiger partial charge in [0.25, 0.3) is 0 Å². The summed E-state index contributed by atoms with van der Waals surface area (Å²) in [6, 6.07) is 6.26. The van der Waals surface area contributed by atoms with Crippen LogP contribution in [0.3, 0.4) is 0 Å². The minimum atomic E-state index is 0.0283. The molecule has 1 aromatic rings. The van der Waals surface area contributed by atoms with E-state index in [1.807, 2.05) is 13.0 Å². The molecule has 0 fully saturated rings. The Hall–Kier alpha value is -1.02. The first-order valence-electron chi connectivity index (χ1n) is 6.64. The van der Waals surface area contributed by atoms with Crippen LogP contribution in [0.15, 0.2) is 18.2 Å². The molecule has 0 amide bonds. The maximum Gasteiger partial charge on any atom is 0.124 e. The summed E-state index contributed by atoms with van der Waals surface area (Å²) in [6.07, 6.45) is 4.92. The van der Waals surface area contributed by atoms with Crippen molar-refractivity contribution in [1.82, 2.24) is 0 Å². The van der Waals surface area contributed by atoms with E-state index in [1.54, 1.807) is 0 Å². The van der Waals surface area contributed by atoms with Crippen molar-refractivity contribution in [3.63, 3.8) is 0 Å². The Bertz CT molecular complexity index is 334. The Labute approximate surface area is 105 Å². The molecule has 0 bridgehead atoms. The standard InChI is InChI=1S/C15H25NO/c1-4-5-6-7-10-17-15-9-8-12(2)11-14(15)13(3)16/h8-9,11,13H,4-7,10,16H2,1-3H3/t13-/m1/s1. The fourth-order valence-electron chi connectivity index (χ4n) is 1.87. The Morgan fingerprint density at radius 1 is 1.24 bits per heavy atom. The molecule has 0 heterocycles. The number of unbranched alkanes of at least 4 members (excludes halogenated alkanes) is 3. The molecule has 96 valence electrons. The molecule has 0 unspecified atom stereocenters. The molecule has 1 atom stereocenters. The van der Waals surface area contributed by atoms with E-state index < -0.39 is 0 Å². The van der Waals surface area contributed by atoms with Gasteiger partial charge in [-0.05, 0) is 26.3 Å². The lowest BCUT2D eigenvalue weighted by Gasteiger charge is -2.14. The highest BCUT2D eigenvalue weighted by atomic mass is 16.5. The highest BCUT2D eigenvalue weighted by Crippen LogP contribution is 2.25. The summed E-state index contributed by atoms with van der Waals surface area (Å²) >= 11 is 0. The first-order valence-corrected chi connectivity index (χ1v) is 6.64. The van der Waals surface area contributed by atoms with Crippen LogP contribution in [0.4, 0.5) is 0 Å². The van der Waals surface area contributed by atoms with E-state index in [-0.39, 0.29) is 6.04 Å². The molecular formula is C15H25NO. The number of hydrogen-bond acceptors (Lipinski definition) is 2. The van der Waals surface area contributed by atoms with Gasteiger partial charge in [-0.3, -0.25) is 0 Å². The molecule has 2 nitrogen and oxygen atoms in total. The lowest BCUT2D eigenvalue weighted by Crippen LogP contribution is -2.09. The van der Waals surface area contributed by atoms with Crippen molar-refractivity contribution in [2.75, 3.05) is 6.61 Å². The second-order valence-electron chi connectivity index (χ2n) is 4.74. The molecule has 0 radical (unpaired) electrons. The summed E-state index contributed by atoms with van der Waals surface area (Å²) < 4.78 is 5.82. The van der Waals surface area contributed by atoms with E-state index in [1.165, 1.54) is 24.8 Å². The van der Waals surface area contributed by atoms with Crippen LogP contribution >= 0.6 is 0 Å². The third kappa shape index (κ3) is 4.78. The molecule has 0 saturated carbocycles. The summed E-state index contributed by atoms with van der Waals surface area (Å²) in [5, 5.41) is 0. The Morgan fingerprint density at radius 2 is 2.00 bits per heavy atom. The van der Waals surface area contributed by atoms with Crippen LogP contribution in [-0.4, -0.2) is 6.61 Å². The fourth-order valence-corrected chi connectivity index (χ4v) is 1.87. The van der Waals surface area contributed by atoms with Crippen molar-refractivity contribution in [2.24, 2.45) is 5.73 Å². The minimum absolute atomic E-state index is 0.0283. The Balaban J connectivity index is 2.52. The van der Waals surface area contributed by atoms with Crippen LogP contribution in [0.1, 0.15) is 56.7 Å². The summed E-state index contributed by atoms with van der Waals surface area (Å²) in [4.78, 5) is 0. The van der Waals surface area contributed by atoms with Gasteiger partial charge in [-0.2, -0.15) is 0 Å². The van der Waals surface area contributed by atoms with Crippen LogP contribution in [-0.2, 0) is 0 Å². The van der Waals surface area contributed by atoms with Crippen molar-refractivity contribution in [3.05, 3.63) is 29.3 Å². The molecule has 0 aliphatic rings. The predicted octanol–water partition coefficient (Wildman–Crippen LogP) is 3.97. The first kappa shape index (κ1) is 14.0. The smallest absolute Gasteiger partial charge is 0.124 e. The van der Waals surface area contributed by atoms with Crippen LogP contribution in [0.5, 0.6) is 5.75 Å². The molecule has 0 aromatic heterocycles. The molecule has 1 aromatic carbocycles. The number of aryl methyl sites for hydroxylation is 1. The van der Waals surface area contributed by atoms with Crippen molar-refractivity contribution in [1.29, 1.82) is 0 Å². The van der Waals surface area contributed by atoms with Gasteiger partial charge < -0.3 is 10.5 Å². The number of ether oxygens (including phenoxy) is 1. The maximum absolute atomic E-state index is 5.96. The van der Waals surface area contributed by atoms with E-state index >= 15 is 0 Å². The number of benzene rings is 1. The van der Waals surface area contributed by atoms with Crippen LogP contribution in [0.25, 0.3) is 0 Å². The number of nitrogens with two attached hydrogens (primary N) is 1. The normalized spacial score (nSPS) is 12.5. The second kappa shape index (κ2) is 7.33. The van der Waals surface area contributed by atoms with Crippen molar-refractivity contribution in [2.45, 2.75) is 52.5 Å². The van der Waals surface area contributed by atoms with Crippen molar-refractivity contribution in [3.8, 4) is 5.75 Å². The highest BCUT2D eigenvalue weighted by Gasteiger charge is 2.08. The average molecular weight is 235 g/mol. The largest absolute Gasteiger partial charge is 0.493 e. The lowest BCUT2D eigenvalue weighted by molar-refractivity contribution is 0.300. The third-order valence-corrected chi connectivity index (χ3v) is 2.91. The molecule has 2 heteroatoms. The predicted molar refractivity (Wildman–Crippen MR) is 73.4 cm³/mol. The van der Waals surface area contributed by atoms with Gasteiger partial charge in [-0.1, -0.05) is 43.9 Å². The Morgan fingerprint density at radius 3 is 2.65 bits per heavy atom. The van der Waals surface area contributed by atoms with Gasteiger partial charge in [0, 0.05) is 11.6 Å². The zero-order valence-corrected chi connectivity index (χ0v) is 11.3. The van der Waals surface area contributed by atoms with E-state index in [0.29, 0.717) is 0 Å². The van der Waals surface area contributed by atoms with Gasteiger partial charge in [-0.15, -0.1) is 0 Å². The quantitative estimate of drug-likeness (QED) is 0.726. The van der Waals surface area contributed by atoms with Gasteiger partial charge in [0.2, 0.25) is 0 Å². The van der Waals surface area contributed by atoms with Crippen LogP contribution in [0, 0.1) is 6.92 Å². The number of hydrogen-bond donors (Lipinski definition) is 1. The molecule has 0 spiro atoms. The molecule has 0 saturated heterocycles. The minimum Gasteiger partial charge on any atom is -0.493 e. The van der Waals surface area contributed by atoms with E-state index in [4.69, 9.17) is 10.5 Å². The molecular weight excluding hydrogens is 210 g/mol. The summed E-state index contributed by atoms with van der Waals surface area (Å²) in [6.45, 7) is 7.09.